The van der Waals surface area contributed by atoms with Gasteiger partial charge in [-0.15, -0.1) is 0 Å². The first kappa shape index (κ1) is 17.5. The van der Waals surface area contributed by atoms with Crippen LogP contribution in [0, 0.1) is 13.8 Å². The van der Waals surface area contributed by atoms with Gasteiger partial charge < -0.3 is 15.4 Å². The molecule has 1 aromatic heterocycles. The zero-order chi connectivity index (χ0) is 18.5. The molecule has 0 unspecified atom stereocenters. The summed E-state index contributed by atoms with van der Waals surface area (Å²) in [6.45, 7) is 4.13. The molecule has 0 spiro atoms. The summed E-state index contributed by atoms with van der Waals surface area (Å²) in [7, 11) is 1.60. The van der Waals surface area contributed by atoms with Crippen molar-refractivity contribution in [2.24, 2.45) is 0 Å². The molecule has 5 heteroatoms. The Bertz CT molecular complexity index is 921. The van der Waals surface area contributed by atoms with E-state index >= 15 is 0 Å². The number of hydrogen-bond acceptors (Lipinski definition) is 4. The van der Waals surface area contributed by atoms with Gasteiger partial charge >= 0.3 is 0 Å². The minimum atomic E-state index is -0.215. The summed E-state index contributed by atoms with van der Waals surface area (Å²) in [6, 6.07) is 15.0. The fraction of sp³-hybridized carbons (Fsp3) is 0.143. The predicted molar refractivity (Wildman–Crippen MR) is 104 cm³/mol. The van der Waals surface area contributed by atoms with Gasteiger partial charge in [0.1, 0.15) is 5.75 Å². The molecular weight excluding hydrogens is 326 g/mol. The summed E-state index contributed by atoms with van der Waals surface area (Å²) in [6.07, 6.45) is 3.25. The van der Waals surface area contributed by atoms with E-state index in [2.05, 4.69) is 35.5 Å². The normalized spacial score (nSPS) is 10.3. The van der Waals surface area contributed by atoms with E-state index in [1.54, 1.807) is 49.8 Å². The third kappa shape index (κ3) is 4.00. The number of aryl methyl sites for hydroxylation is 1. The number of carbonyl (C=O) groups excluding carboxylic acids is 1. The van der Waals surface area contributed by atoms with Crippen LogP contribution >= 0.6 is 0 Å². The Morgan fingerprint density at radius 1 is 1.00 bits per heavy atom. The standard InChI is InChI=1S/C21H21N3O2/c1-14-5-4-6-20(15(14)2)23-18-11-16(12-22-13-18)21(25)24-17-7-9-19(26-3)10-8-17/h4-13,23H,1-3H3,(H,24,25). The van der Waals surface area contributed by atoms with Crippen LogP contribution in [0.4, 0.5) is 17.1 Å². The van der Waals surface area contributed by atoms with E-state index in [1.807, 2.05) is 12.1 Å². The molecule has 0 atom stereocenters. The third-order valence-electron chi connectivity index (χ3n) is 4.23. The molecular formula is C21H21N3O2. The maximum absolute atomic E-state index is 12.5. The number of hydrogen-bond donors (Lipinski definition) is 2. The van der Waals surface area contributed by atoms with Crippen LogP contribution in [0.1, 0.15) is 21.5 Å². The second-order valence-electron chi connectivity index (χ2n) is 6.02. The summed E-state index contributed by atoms with van der Waals surface area (Å²) >= 11 is 0. The maximum Gasteiger partial charge on any atom is 0.257 e. The van der Waals surface area contributed by atoms with E-state index in [4.69, 9.17) is 4.74 Å². The van der Waals surface area contributed by atoms with Crippen molar-refractivity contribution in [1.29, 1.82) is 0 Å². The van der Waals surface area contributed by atoms with Crippen LogP contribution in [0.15, 0.2) is 60.9 Å². The molecule has 5 nitrogen and oxygen atoms in total. The lowest BCUT2D eigenvalue weighted by Gasteiger charge is -2.12. The van der Waals surface area contributed by atoms with E-state index in [1.165, 1.54) is 11.1 Å². The Morgan fingerprint density at radius 2 is 1.77 bits per heavy atom. The molecule has 0 bridgehead atoms. The Morgan fingerprint density at radius 3 is 2.50 bits per heavy atom. The molecule has 132 valence electrons. The fourth-order valence-electron chi connectivity index (χ4n) is 2.55. The van der Waals surface area contributed by atoms with Crippen molar-refractivity contribution in [3.63, 3.8) is 0 Å². The Balaban J connectivity index is 1.75. The molecule has 3 rings (SSSR count). The number of nitrogens with one attached hydrogen (secondary N) is 2. The van der Waals surface area contributed by atoms with Crippen molar-refractivity contribution in [1.82, 2.24) is 4.98 Å². The number of methoxy groups -OCH3 is 1. The second-order valence-corrected chi connectivity index (χ2v) is 6.02. The van der Waals surface area contributed by atoms with Crippen molar-refractivity contribution in [2.45, 2.75) is 13.8 Å². The molecule has 1 amide bonds. The smallest absolute Gasteiger partial charge is 0.257 e. The molecule has 2 N–H and O–H groups in total. The lowest BCUT2D eigenvalue weighted by Crippen LogP contribution is -2.12. The number of ether oxygens (including phenoxy) is 1. The van der Waals surface area contributed by atoms with E-state index < -0.39 is 0 Å². The third-order valence-corrected chi connectivity index (χ3v) is 4.23. The highest BCUT2D eigenvalue weighted by Gasteiger charge is 2.09. The number of aromatic nitrogens is 1. The summed E-state index contributed by atoms with van der Waals surface area (Å²) in [5, 5.41) is 6.19. The first-order chi connectivity index (χ1) is 12.6. The number of carbonyl (C=O) groups is 1. The number of pyridine rings is 1. The van der Waals surface area contributed by atoms with Gasteiger partial charge in [0.15, 0.2) is 0 Å². The number of anilines is 3. The summed E-state index contributed by atoms with van der Waals surface area (Å²) in [4.78, 5) is 16.7. The first-order valence-electron chi connectivity index (χ1n) is 8.30. The number of nitrogens with zero attached hydrogens (tertiary/aromatic N) is 1. The van der Waals surface area contributed by atoms with Gasteiger partial charge in [0, 0.05) is 17.6 Å². The Kier molecular flexibility index (Phi) is 5.17. The average molecular weight is 347 g/mol. The van der Waals surface area contributed by atoms with Crippen LogP contribution in [-0.4, -0.2) is 18.0 Å². The van der Waals surface area contributed by atoms with Gasteiger partial charge in [0.2, 0.25) is 0 Å². The SMILES string of the molecule is COc1ccc(NC(=O)c2cncc(Nc3cccc(C)c3C)c2)cc1. The molecule has 0 aliphatic carbocycles. The van der Waals surface area contributed by atoms with Gasteiger partial charge in [0.25, 0.3) is 5.91 Å². The predicted octanol–water partition coefficient (Wildman–Crippen LogP) is 4.70. The Labute approximate surface area is 153 Å². The lowest BCUT2D eigenvalue weighted by molar-refractivity contribution is 0.102. The van der Waals surface area contributed by atoms with Crippen LogP contribution in [0.3, 0.4) is 0 Å². The van der Waals surface area contributed by atoms with Gasteiger partial charge in [-0.25, -0.2) is 0 Å². The molecule has 0 aliphatic rings. The first-order valence-corrected chi connectivity index (χ1v) is 8.30. The summed E-state index contributed by atoms with van der Waals surface area (Å²) in [5.74, 6) is 0.525. The largest absolute Gasteiger partial charge is 0.497 e. The number of rotatable bonds is 5. The van der Waals surface area contributed by atoms with Crippen LogP contribution in [0.5, 0.6) is 5.75 Å². The number of amides is 1. The highest BCUT2D eigenvalue weighted by Crippen LogP contribution is 2.23. The summed E-state index contributed by atoms with van der Waals surface area (Å²) < 4.78 is 5.12. The van der Waals surface area contributed by atoms with E-state index in [0.717, 1.165) is 17.1 Å². The average Bonchev–Trinajstić information content (AvgIpc) is 2.66. The minimum Gasteiger partial charge on any atom is -0.497 e. The fourth-order valence-corrected chi connectivity index (χ4v) is 2.55. The van der Waals surface area contributed by atoms with E-state index in [0.29, 0.717) is 11.3 Å². The van der Waals surface area contributed by atoms with Crippen LogP contribution in [0.2, 0.25) is 0 Å². The quantitative estimate of drug-likeness (QED) is 0.702. The van der Waals surface area contributed by atoms with Crippen molar-refractivity contribution in [2.75, 3.05) is 17.7 Å². The van der Waals surface area contributed by atoms with Crippen LogP contribution in [-0.2, 0) is 0 Å². The zero-order valence-corrected chi connectivity index (χ0v) is 15.0. The van der Waals surface area contributed by atoms with Crippen molar-refractivity contribution in [3.8, 4) is 5.75 Å². The monoisotopic (exact) mass is 347 g/mol. The van der Waals surface area contributed by atoms with Crippen molar-refractivity contribution >= 4 is 23.0 Å². The topological polar surface area (TPSA) is 63.2 Å². The molecule has 0 fully saturated rings. The minimum absolute atomic E-state index is 0.215. The van der Waals surface area contributed by atoms with Crippen LogP contribution < -0.4 is 15.4 Å². The molecule has 0 saturated carbocycles. The van der Waals surface area contributed by atoms with Gasteiger partial charge in [-0.05, 0) is 61.4 Å². The van der Waals surface area contributed by atoms with Gasteiger partial charge in [-0.2, -0.15) is 0 Å². The summed E-state index contributed by atoms with van der Waals surface area (Å²) in [5.41, 5.74) is 5.32. The molecule has 26 heavy (non-hydrogen) atoms. The maximum atomic E-state index is 12.5. The van der Waals surface area contributed by atoms with Crippen LogP contribution in [0.25, 0.3) is 0 Å². The van der Waals surface area contributed by atoms with Crippen molar-refractivity contribution < 1.29 is 9.53 Å². The highest BCUT2D eigenvalue weighted by atomic mass is 16.5. The van der Waals surface area contributed by atoms with Gasteiger partial charge in [0.05, 0.1) is 24.6 Å². The zero-order valence-electron chi connectivity index (χ0n) is 15.0. The number of benzene rings is 2. The van der Waals surface area contributed by atoms with Gasteiger partial charge in [-0.3, -0.25) is 9.78 Å². The molecule has 0 saturated heterocycles. The lowest BCUT2D eigenvalue weighted by atomic mass is 10.1. The van der Waals surface area contributed by atoms with Crippen molar-refractivity contribution in [3.05, 3.63) is 77.6 Å². The molecule has 0 radical (unpaired) electrons. The molecule has 3 aromatic rings. The highest BCUT2D eigenvalue weighted by molar-refractivity contribution is 6.04. The van der Waals surface area contributed by atoms with E-state index in [9.17, 15) is 4.79 Å². The molecule has 0 aliphatic heterocycles. The molecule has 1 heterocycles. The second kappa shape index (κ2) is 7.70. The molecule has 2 aromatic carbocycles. The van der Waals surface area contributed by atoms with Gasteiger partial charge in [-0.1, -0.05) is 12.1 Å². The van der Waals surface area contributed by atoms with E-state index in [-0.39, 0.29) is 5.91 Å². The Hall–Kier alpha value is -3.34.